The lowest BCUT2D eigenvalue weighted by Gasteiger charge is -2.17. The molecule has 2 heterocycles. The van der Waals surface area contributed by atoms with Crippen LogP contribution in [-0.2, 0) is 13.1 Å². The first-order valence-corrected chi connectivity index (χ1v) is 7.44. The maximum atomic E-state index is 11.9. The highest BCUT2D eigenvalue weighted by Gasteiger charge is 2.14. The standard InChI is InChI=1S/C17H20N2O2/c20-17(16-8-5-11-21-16)18-12-14-6-1-2-7-15(14)13-19-9-3-4-10-19/h1-2,5-8,11H,3-4,9-10,12-13H2,(H,18,20). The summed E-state index contributed by atoms with van der Waals surface area (Å²) in [7, 11) is 0. The van der Waals surface area contributed by atoms with Gasteiger partial charge in [0.25, 0.3) is 5.91 Å². The summed E-state index contributed by atoms with van der Waals surface area (Å²) in [5.41, 5.74) is 2.46. The average molecular weight is 284 g/mol. The fourth-order valence-corrected chi connectivity index (χ4v) is 2.74. The van der Waals surface area contributed by atoms with Crippen molar-refractivity contribution in [3.05, 3.63) is 59.5 Å². The number of nitrogens with one attached hydrogen (secondary N) is 1. The highest BCUT2D eigenvalue weighted by atomic mass is 16.3. The molecule has 0 unspecified atom stereocenters. The third-order valence-corrected chi connectivity index (χ3v) is 3.90. The van der Waals surface area contributed by atoms with E-state index in [9.17, 15) is 4.79 Å². The van der Waals surface area contributed by atoms with Crippen molar-refractivity contribution in [2.75, 3.05) is 13.1 Å². The Morgan fingerprint density at radius 1 is 1.10 bits per heavy atom. The zero-order valence-corrected chi connectivity index (χ0v) is 12.0. The normalized spacial score (nSPS) is 15.2. The van der Waals surface area contributed by atoms with Gasteiger partial charge in [-0.3, -0.25) is 9.69 Å². The van der Waals surface area contributed by atoms with E-state index in [1.165, 1.54) is 43.3 Å². The molecule has 4 heteroatoms. The number of nitrogens with zero attached hydrogens (tertiary/aromatic N) is 1. The molecule has 0 bridgehead atoms. The van der Waals surface area contributed by atoms with Gasteiger partial charge in [-0.15, -0.1) is 0 Å². The number of furan rings is 1. The van der Waals surface area contributed by atoms with Gasteiger partial charge in [0.05, 0.1) is 6.26 Å². The van der Waals surface area contributed by atoms with Gasteiger partial charge in [-0.2, -0.15) is 0 Å². The van der Waals surface area contributed by atoms with Crippen LogP contribution in [0.1, 0.15) is 34.5 Å². The van der Waals surface area contributed by atoms with Gasteiger partial charge in [0.2, 0.25) is 0 Å². The lowest BCUT2D eigenvalue weighted by Crippen LogP contribution is -2.24. The Bertz CT molecular complexity index is 587. The van der Waals surface area contributed by atoms with Crippen molar-refractivity contribution in [2.45, 2.75) is 25.9 Å². The number of rotatable bonds is 5. The van der Waals surface area contributed by atoms with Crippen molar-refractivity contribution in [1.29, 1.82) is 0 Å². The Labute approximate surface area is 124 Å². The number of hydrogen-bond acceptors (Lipinski definition) is 3. The van der Waals surface area contributed by atoms with Crippen LogP contribution in [0.2, 0.25) is 0 Å². The third-order valence-electron chi connectivity index (χ3n) is 3.90. The number of likely N-dealkylation sites (tertiary alicyclic amines) is 1. The van der Waals surface area contributed by atoms with Crippen LogP contribution < -0.4 is 5.32 Å². The highest BCUT2D eigenvalue weighted by molar-refractivity contribution is 5.91. The van der Waals surface area contributed by atoms with E-state index >= 15 is 0 Å². The van der Waals surface area contributed by atoms with E-state index in [0.29, 0.717) is 12.3 Å². The molecule has 3 rings (SSSR count). The van der Waals surface area contributed by atoms with Crippen molar-refractivity contribution < 1.29 is 9.21 Å². The Hall–Kier alpha value is -2.07. The molecule has 21 heavy (non-hydrogen) atoms. The van der Waals surface area contributed by atoms with Crippen LogP contribution in [0.3, 0.4) is 0 Å². The van der Waals surface area contributed by atoms with Crippen LogP contribution in [0, 0.1) is 0 Å². The summed E-state index contributed by atoms with van der Waals surface area (Å²) in [5, 5.41) is 2.92. The Kier molecular flexibility index (Phi) is 4.36. The lowest BCUT2D eigenvalue weighted by atomic mass is 10.1. The van der Waals surface area contributed by atoms with E-state index < -0.39 is 0 Å². The zero-order chi connectivity index (χ0) is 14.5. The van der Waals surface area contributed by atoms with Crippen LogP contribution in [-0.4, -0.2) is 23.9 Å². The molecule has 1 saturated heterocycles. The second-order valence-corrected chi connectivity index (χ2v) is 5.41. The maximum Gasteiger partial charge on any atom is 0.287 e. The van der Waals surface area contributed by atoms with Crippen LogP contribution in [0.5, 0.6) is 0 Å². The lowest BCUT2D eigenvalue weighted by molar-refractivity contribution is 0.0923. The average Bonchev–Trinajstić information content (AvgIpc) is 3.19. The summed E-state index contributed by atoms with van der Waals surface area (Å²) in [4.78, 5) is 14.4. The number of hydrogen-bond donors (Lipinski definition) is 1. The number of benzene rings is 1. The molecule has 0 saturated carbocycles. The van der Waals surface area contributed by atoms with Gasteiger partial charge < -0.3 is 9.73 Å². The van der Waals surface area contributed by atoms with Gasteiger partial charge in [0.15, 0.2) is 5.76 Å². The molecule has 4 nitrogen and oxygen atoms in total. The first kappa shape index (κ1) is 13.9. The molecule has 1 aliphatic rings. The number of carbonyl (C=O) groups excluding carboxylic acids is 1. The van der Waals surface area contributed by atoms with Gasteiger partial charge in [0, 0.05) is 13.1 Å². The second kappa shape index (κ2) is 6.59. The van der Waals surface area contributed by atoms with Gasteiger partial charge in [-0.1, -0.05) is 24.3 Å². The molecule has 1 aliphatic heterocycles. The summed E-state index contributed by atoms with van der Waals surface area (Å²) in [5.74, 6) is 0.183. The van der Waals surface area contributed by atoms with Gasteiger partial charge in [-0.05, 0) is 49.2 Å². The summed E-state index contributed by atoms with van der Waals surface area (Å²) in [6.45, 7) is 3.84. The van der Waals surface area contributed by atoms with E-state index in [0.717, 1.165) is 6.54 Å². The first-order valence-electron chi connectivity index (χ1n) is 7.44. The van der Waals surface area contributed by atoms with Crippen molar-refractivity contribution in [2.24, 2.45) is 0 Å². The number of carbonyl (C=O) groups is 1. The molecular formula is C17H20N2O2. The fraction of sp³-hybridized carbons (Fsp3) is 0.353. The van der Waals surface area contributed by atoms with E-state index in [-0.39, 0.29) is 5.91 Å². The monoisotopic (exact) mass is 284 g/mol. The summed E-state index contributed by atoms with van der Waals surface area (Å²) < 4.78 is 5.10. The molecule has 0 spiro atoms. The molecule has 1 fully saturated rings. The molecule has 2 aromatic rings. The minimum absolute atomic E-state index is 0.170. The first-order chi connectivity index (χ1) is 10.3. The van der Waals surface area contributed by atoms with Crippen molar-refractivity contribution in [3.8, 4) is 0 Å². The van der Waals surface area contributed by atoms with Crippen LogP contribution >= 0.6 is 0 Å². The quantitative estimate of drug-likeness (QED) is 0.918. The summed E-state index contributed by atoms with van der Waals surface area (Å²) in [6, 6.07) is 11.7. The minimum Gasteiger partial charge on any atom is -0.459 e. The van der Waals surface area contributed by atoms with Crippen molar-refractivity contribution in [3.63, 3.8) is 0 Å². The Morgan fingerprint density at radius 3 is 2.57 bits per heavy atom. The predicted octanol–water partition coefficient (Wildman–Crippen LogP) is 2.81. The molecule has 0 radical (unpaired) electrons. The van der Waals surface area contributed by atoms with Gasteiger partial charge in [-0.25, -0.2) is 0 Å². The Balaban J connectivity index is 1.63. The molecule has 110 valence electrons. The maximum absolute atomic E-state index is 11.9. The smallest absolute Gasteiger partial charge is 0.287 e. The third kappa shape index (κ3) is 3.52. The van der Waals surface area contributed by atoms with Crippen LogP contribution in [0.25, 0.3) is 0 Å². The molecule has 1 aromatic heterocycles. The van der Waals surface area contributed by atoms with Crippen LogP contribution in [0.15, 0.2) is 47.1 Å². The molecule has 0 aliphatic carbocycles. The van der Waals surface area contributed by atoms with E-state index in [4.69, 9.17) is 4.42 Å². The van der Waals surface area contributed by atoms with E-state index in [1.54, 1.807) is 12.1 Å². The molecule has 1 aromatic carbocycles. The van der Waals surface area contributed by atoms with Gasteiger partial charge in [0.1, 0.15) is 0 Å². The topological polar surface area (TPSA) is 45.5 Å². The summed E-state index contributed by atoms with van der Waals surface area (Å²) >= 11 is 0. The highest BCUT2D eigenvalue weighted by Crippen LogP contribution is 2.16. The second-order valence-electron chi connectivity index (χ2n) is 5.41. The summed E-state index contributed by atoms with van der Waals surface area (Å²) in [6.07, 6.45) is 4.09. The minimum atomic E-state index is -0.170. The SMILES string of the molecule is O=C(NCc1ccccc1CN1CCCC1)c1ccco1. The van der Waals surface area contributed by atoms with Crippen LogP contribution in [0.4, 0.5) is 0 Å². The zero-order valence-electron chi connectivity index (χ0n) is 12.0. The number of amides is 1. The largest absolute Gasteiger partial charge is 0.459 e. The molecule has 1 N–H and O–H groups in total. The fourth-order valence-electron chi connectivity index (χ4n) is 2.74. The molecule has 1 amide bonds. The predicted molar refractivity (Wildman–Crippen MR) is 80.8 cm³/mol. The molecule has 0 atom stereocenters. The van der Waals surface area contributed by atoms with E-state index in [1.807, 2.05) is 6.07 Å². The van der Waals surface area contributed by atoms with E-state index in [2.05, 4.69) is 28.4 Å². The van der Waals surface area contributed by atoms with Crippen molar-refractivity contribution >= 4 is 5.91 Å². The molecular weight excluding hydrogens is 264 g/mol. The Morgan fingerprint density at radius 2 is 1.86 bits per heavy atom. The van der Waals surface area contributed by atoms with Gasteiger partial charge >= 0.3 is 0 Å². The van der Waals surface area contributed by atoms with Crippen molar-refractivity contribution in [1.82, 2.24) is 10.2 Å².